The molecule has 12 heteroatoms. The molecule has 0 fully saturated rings. The summed E-state index contributed by atoms with van der Waals surface area (Å²) in [6.07, 6.45) is -2.12. The summed E-state index contributed by atoms with van der Waals surface area (Å²) in [5.74, 6) is -0.337. The number of carbonyl (C=O) groups excluding carboxylic acids is 4. The Morgan fingerprint density at radius 1 is 0.780 bits per heavy atom. The molecule has 0 aromatic heterocycles. The van der Waals surface area contributed by atoms with E-state index >= 15 is 0 Å². The maximum Gasteiger partial charge on any atom is 0.514 e. The van der Waals surface area contributed by atoms with Crippen LogP contribution in [0.15, 0.2) is 18.2 Å². The lowest BCUT2D eigenvalue weighted by atomic mass is 10.0. The highest BCUT2D eigenvalue weighted by Gasteiger charge is 2.24. The maximum atomic E-state index is 12.5. The molecule has 0 amide bonds. The third-order valence-electron chi connectivity index (χ3n) is 5.93. The van der Waals surface area contributed by atoms with E-state index in [2.05, 4.69) is 5.32 Å². The summed E-state index contributed by atoms with van der Waals surface area (Å²) in [6.45, 7) is 13.2. The summed E-state index contributed by atoms with van der Waals surface area (Å²) in [5, 5.41) is 3.02. The van der Waals surface area contributed by atoms with E-state index in [1.54, 1.807) is 26.8 Å². The van der Waals surface area contributed by atoms with Crippen LogP contribution < -0.4 is 14.8 Å². The fraction of sp³-hybridized carbons (Fsp3) is 0.655. The number of rotatable bonds is 16. The van der Waals surface area contributed by atoms with E-state index in [1.807, 2.05) is 27.7 Å². The second-order valence-corrected chi connectivity index (χ2v) is 10.1. The van der Waals surface area contributed by atoms with E-state index < -0.39 is 42.7 Å². The zero-order chi connectivity index (χ0) is 30.9. The second-order valence-electron chi connectivity index (χ2n) is 10.1. The van der Waals surface area contributed by atoms with E-state index in [1.165, 1.54) is 19.2 Å². The molecule has 0 aliphatic heterocycles. The smallest absolute Gasteiger partial charge is 0.468 e. The molecule has 1 rings (SSSR count). The highest BCUT2D eigenvalue weighted by molar-refractivity contribution is 5.76. The van der Waals surface area contributed by atoms with E-state index in [-0.39, 0.29) is 37.2 Å². The van der Waals surface area contributed by atoms with Crippen LogP contribution in [0.4, 0.5) is 14.4 Å². The van der Waals surface area contributed by atoms with Gasteiger partial charge in [-0.2, -0.15) is 0 Å². The lowest BCUT2D eigenvalue weighted by molar-refractivity contribution is -0.143. The number of nitrogens with one attached hydrogen (secondary N) is 1. The molecule has 0 aliphatic carbocycles. The zero-order valence-corrected chi connectivity index (χ0v) is 25.4. The molecule has 232 valence electrons. The first-order valence-electron chi connectivity index (χ1n) is 13.9. The van der Waals surface area contributed by atoms with Crippen molar-refractivity contribution in [3.63, 3.8) is 0 Å². The standard InChI is InChI=1S/C29H45NO11/c1-9-19(5)37-28(33)40-24-12-11-22(16-25(24)41-29(34)38-20(6)10-2)15-23(26(31)35-8)30-17-21(7)39-27(32)36-14-13-18(3)4/h11-12,16,18-21,23,30H,9-10,13-15,17H2,1-8H3/t19?,20?,21?,23-/m0/s1. The predicted octanol–water partition coefficient (Wildman–Crippen LogP) is 5.58. The molecular formula is C29H45NO11. The fourth-order valence-electron chi connectivity index (χ4n) is 3.11. The summed E-state index contributed by atoms with van der Waals surface area (Å²) in [4.78, 5) is 49.0. The Bertz CT molecular complexity index is 982. The number of methoxy groups -OCH3 is 1. The Labute approximate surface area is 242 Å². The fourth-order valence-corrected chi connectivity index (χ4v) is 3.11. The van der Waals surface area contributed by atoms with Gasteiger partial charge in [-0.25, -0.2) is 14.4 Å². The van der Waals surface area contributed by atoms with Gasteiger partial charge in [-0.15, -0.1) is 0 Å². The number of ether oxygens (including phenoxy) is 7. The minimum absolute atomic E-state index is 0.0660. The van der Waals surface area contributed by atoms with Gasteiger partial charge in [0.05, 0.1) is 13.7 Å². The molecule has 41 heavy (non-hydrogen) atoms. The minimum atomic E-state index is -0.981. The van der Waals surface area contributed by atoms with E-state index in [9.17, 15) is 19.2 Å². The lowest BCUT2D eigenvalue weighted by Gasteiger charge is -2.20. The molecule has 0 aliphatic rings. The van der Waals surface area contributed by atoms with Crippen molar-refractivity contribution < 1.29 is 52.3 Å². The zero-order valence-electron chi connectivity index (χ0n) is 25.4. The van der Waals surface area contributed by atoms with Crippen LogP contribution in [-0.4, -0.2) is 69.1 Å². The molecule has 12 nitrogen and oxygen atoms in total. The Morgan fingerprint density at radius 3 is 1.88 bits per heavy atom. The number of hydrogen-bond acceptors (Lipinski definition) is 12. The monoisotopic (exact) mass is 583 g/mol. The van der Waals surface area contributed by atoms with Crippen molar-refractivity contribution in [1.29, 1.82) is 0 Å². The van der Waals surface area contributed by atoms with Gasteiger partial charge in [-0.1, -0.05) is 33.8 Å². The van der Waals surface area contributed by atoms with E-state index in [0.29, 0.717) is 24.3 Å². The Balaban J connectivity index is 3.00. The van der Waals surface area contributed by atoms with Gasteiger partial charge in [-0.05, 0) is 70.1 Å². The van der Waals surface area contributed by atoms with Gasteiger partial charge >= 0.3 is 24.4 Å². The maximum absolute atomic E-state index is 12.5. The van der Waals surface area contributed by atoms with Gasteiger partial charge in [0.15, 0.2) is 11.5 Å². The third kappa shape index (κ3) is 14.6. The van der Waals surface area contributed by atoms with Crippen molar-refractivity contribution in [3.05, 3.63) is 23.8 Å². The Kier molecular flexibility index (Phi) is 16.2. The molecule has 0 radical (unpaired) electrons. The molecule has 1 aromatic carbocycles. The van der Waals surface area contributed by atoms with Gasteiger partial charge < -0.3 is 38.5 Å². The topological polar surface area (TPSA) is 145 Å². The molecule has 1 N–H and O–H groups in total. The van der Waals surface area contributed by atoms with Crippen LogP contribution in [0.2, 0.25) is 0 Å². The van der Waals surface area contributed by atoms with Gasteiger partial charge in [0.1, 0.15) is 24.4 Å². The van der Waals surface area contributed by atoms with Crippen LogP contribution in [0, 0.1) is 5.92 Å². The summed E-state index contributed by atoms with van der Waals surface area (Å²) >= 11 is 0. The molecule has 0 spiro atoms. The first kappa shape index (κ1) is 35.5. The molecule has 4 atom stereocenters. The highest BCUT2D eigenvalue weighted by Crippen LogP contribution is 2.30. The predicted molar refractivity (Wildman–Crippen MR) is 149 cm³/mol. The number of benzene rings is 1. The van der Waals surface area contributed by atoms with Crippen LogP contribution in [0.1, 0.15) is 73.3 Å². The molecular weight excluding hydrogens is 538 g/mol. The van der Waals surface area contributed by atoms with Crippen LogP contribution >= 0.6 is 0 Å². The first-order chi connectivity index (χ1) is 19.4. The molecule has 0 saturated carbocycles. The van der Waals surface area contributed by atoms with Gasteiger partial charge in [0, 0.05) is 6.54 Å². The van der Waals surface area contributed by atoms with Crippen molar-refractivity contribution >= 4 is 24.4 Å². The largest absolute Gasteiger partial charge is 0.514 e. The van der Waals surface area contributed by atoms with Crippen LogP contribution in [0.5, 0.6) is 11.5 Å². The summed E-state index contributed by atoms with van der Waals surface area (Å²) in [5.41, 5.74) is 0.545. The minimum Gasteiger partial charge on any atom is -0.468 e. The van der Waals surface area contributed by atoms with Crippen molar-refractivity contribution in [2.24, 2.45) is 5.92 Å². The molecule has 3 unspecified atom stereocenters. The van der Waals surface area contributed by atoms with E-state index in [4.69, 9.17) is 33.2 Å². The SMILES string of the molecule is CCC(C)OC(=O)Oc1ccc(C[C@H](NCC(C)OC(=O)OCCC(C)C)C(=O)OC)cc1OC(=O)OC(C)CC. The molecule has 0 saturated heterocycles. The first-order valence-corrected chi connectivity index (χ1v) is 13.9. The van der Waals surface area contributed by atoms with Crippen LogP contribution in [0.25, 0.3) is 0 Å². The molecule has 0 bridgehead atoms. The second kappa shape index (κ2) is 18.7. The van der Waals surface area contributed by atoms with Crippen molar-refractivity contribution in [2.45, 2.75) is 98.5 Å². The Morgan fingerprint density at radius 2 is 1.34 bits per heavy atom. The number of hydrogen-bond donors (Lipinski definition) is 1. The summed E-state index contributed by atoms with van der Waals surface area (Å²) < 4.78 is 36.2. The van der Waals surface area contributed by atoms with Crippen molar-refractivity contribution in [1.82, 2.24) is 5.32 Å². The normalized spacial score (nSPS) is 13.8. The van der Waals surface area contributed by atoms with Crippen molar-refractivity contribution in [2.75, 3.05) is 20.3 Å². The number of carbonyl (C=O) groups is 4. The van der Waals surface area contributed by atoms with Crippen LogP contribution in [0.3, 0.4) is 0 Å². The van der Waals surface area contributed by atoms with Gasteiger partial charge in [-0.3, -0.25) is 4.79 Å². The lowest BCUT2D eigenvalue weighted by Crippen LogP contribution is -2.43. The van der Waals surface area contributed by atoms with E-state index in [0.717, 1.165) is 6.42 Å². The van der Waals surface area contributed by atoms with Crippen LogP contribution in [-0.2, 0) is 34.9 Å². The Hall–Kier alpha value is -3.54. The number of esters is 1. The summed E-state index contributed by atoms with van der Waals surface area (Å²) in [6, 6.07) is 3.63. The molecule has 1 aromatic rings. The molecule has 0 heterocycles. The van der Waals surface area contributed by atoms with Gasteiger partial charge in [0.2, 0.25) is 0 Å². The summed E-state index contributed by atoms with van der Waals surface area (Å²) in [7, 11) is 1.25. The van der Waals surface area contributed by atoms with Crippen molar-refractivity contribution in [3.8, 4) is 11.5 Å². The highest BCUT2D eigenvalue weighted by atomic mass is 16.8. The average Bonchev–Trinajstić information content (AvgIpc) is 2.91. The average molecular weight is 584 g/mol. The quantitative estimate of drug-likeness (QED) is 0.147. The van der Waals surface area contributed by atoms with Gasteiger partial charge in [0.25, 0.3) is 0 Å². The third-order valence-corrected chi connectivity index (χ3v) is 5.93.